The molecule has 3 heteroatoms. The van der Waals surface area contributed by atoms with Crippen molar-refractivity contribution in [3.05, 3.63) is 59.8 Å². The highest BCUT2D eigenvalue weighted by Gasteiger charge is 2.06. The largest absolute Gasteiger partial charge is 0.359 e. The molecule has 1 atom stereocenters. The van der Waals surface area contributed by atoms with Gasteiger partial charge in [0.15, 0.2) is 0 Å². The fourth-order valence-electron chi connectivity index (χ4n) is 2.36. The molecule has 0 spiro atoms. The van der Waals surface area contributed by atoms with Crippen LogP contribution in [0.15, 0.2) is 48.7 Å². The zero-order valence-electron chi connectivity index (χ0n) is 13.2. The highest BCUT2D eigenvalue weighted by atomic mass is 15.2. The fraction of sp³-hybridized carbons (Fsp3) is 0.389. The monoisotopic (exact) mass is 283 g/mol. The van der Waals surface area contributed by atoms with Crippen molar-refractivity contribution in [1.29, 1.82) is 0 Å². The van der Waals surface area contributed by atoms with E-state index in [1.807, 2.05) is 6.20 Å². The van der Waals surface area contributed by atoms with Crippen LogP contribution < -0.4 is 10.2 Å². The molecule has 112 valence electrons. The lowest BCUT2D eigenvalue weighted by molar-refractivity contribution is 0.596. The number of hydrogen-bond donors (Lipinski definition) is 1. The van der Waals surface area contributed by atoms with E-state index in [0.29, 0.717) is 6.04 Å². The summed E-state index contributed by atoms with van der Waals surface area (Å²) in [5.74, 6) is 1.03. The molecule has 2 aromatic rings. The van der Waals surface area contributed by atoms with Crippen LogP contribution in [0.2, 0.25) is 0 Å². The standard InChI is InChI=1S/C18H25N3/c1-4-19-15(2)17-10-11-18(20-14-17)21(3)13-12-16-8-6-5-7-9-16/h5-11,14-15,19H,4,12-13H2,1-3H3. The van der Waals surface area contributed by atoms with E-state index in [4.69, 9.17) is 0 Å². The molecule has 0 saturated carbocycles. The van der Waals surface area contributed by atoms with Gasteiger partial charge in [-0.3, -0.25) is 0 Å². The summed E-state index contributed by atoms with van der Waals surface area (Å²) >= 11 is 0. The second-order valence-electron chi connectivity index (χ2n) is 5.39. The molecular formula is C18H25N3. The van der Waals surface area contributed by atoms with Crippen LogP contribution in [0.5, 0.6) is 0 Å². The third-order valence-corrected chi connectivity index (χ3v) is 3.75. The molecule has 1 unspecified atom stereocenters. The third-order valence-electron chi connectivity index (χ3n) is 3.75. The van der Waals surface area contributed by atoms with Crippen molar-refractivity contribution >= 4 is 5.82 Å². The van der Waals surface area contributed by atoms with E-state index >= 15 is 0 Å². The number of likely N-dealkylation sites (N-methyl/N-ethyl adjacent to an activating group) is 1. The average Bonchev–Trinajstić information content (AvgIpc) is 2.54. The summed E-state index contributed by atoms with van der Waals surface area (Å²) in [6.45, 7) is 6.23. The van der Waals surface area contributed by atoms with E-state index in [-0.39, 0.29) is 0 Å². The topological polar surface area (TPSA) is 28.2 Å². The molecule has 1 heterocycles. The Kier molecular flexibility index (Phi) is 5.76. The second-order valence-corrected chi connectivity index (χ2v) is 5.39. The van der Waals surface area contributed by atoms with Gasteiger partial charge in [-0.1, -0.05) is 43.3 Å². The number of anilines is 1. The maximum Gasteiger partial charge on any atom is 0.128 e. The van der Waals surface area contributed by atoms with Gasteiger partial charge in [0.2, 0.25) is 0 Å². The van der Waals surface area contributed by atoms with Crippen molar-refractivity contribution in [2.75, 3.05) is 25.0 Å². The number of rotatable bonds is 7. The van der Waals surface area contributed by atoms with Gasteiger partial charge < -0.3 is 10.2 Å². The van der Waals surface area contributed by atoms with Crippen molar-refractivity contribution in [3.8, 4) is 0 Å². The predicted octanol–water partition coefficient (Wildman–Crippen LogP) is 3.43. The van der Waals surface area contributed by atoms with Crippen LogP contribution in [0, 0.1) is 0 Å². The highest BCUT2D eigenvalue weighted by molar-refractivity contribution is 5.39. The molecule has 2 rings (SSSR count). The first-order chi connectivity index (χ1) is 10.2. The molecule has 0 aliphatic carbocycles. The Morgan fingerprint density at radius 2 is 1.90 bits per heavy atom. The molecule has 0 bridgehead atoms. The molecule has 1 N–H and O–H groups in total. The van der Waals surface area contributed by atoms with Crippen LogP contribution in [-0.2, 0) is 6.42 Å². The molecule has 0 amide bonds. The van der Waals surface area contributed by atoms with E-state index in [0.717, 1.165) is 25.3 Å². The van der Waals surface area contributed by atoms with E-state index in [1.165, 1.54) is 11.1 Å². The number of nitrogens with one attached hydrogen (secondary N) is 1. The van der Waals surface area contributed by atoms with Crippen molar-refractivity contribution in [2.24, 2.45) is 0 Å². The highest BCUT2D eigenvalue weighted by Crippen LogP contribution is 2.15. The van der Waals surface area contributed by atoms with E-state index in [1.54, 1.807) is 0 Å². The van der Waals surface area contributed by atoms with Crippen LogP contribution in [0.3, 0.4) is 0 Å². The Bertz CT molecular complexity index is 522. The van der Waals surface area contributed by atoms with E-state index < -0.39 is 0 Å². The minimum absolute atomic E-state index is 0.353. The fourth-order valence-corrected chi connectivity index (χ4v) is 2.36. The van der Waals surface area contributed by atoms with E-state index in [2.05, 4.69) is 78.6 Å². The molecule has 0 saturated heterocycles. The lowest BCUT2D eigenvalue weighted by Gasteiger charge is -2.19. The van der Waals surface area contributed by atoms with Crippen LogP contribution in [0.4, 0.5) is 5.82 Å². The Hall–Kier alpha value is -1.87. The minimum Gasteiger partial charge on any atom is -0.359 e. The lowest BCUT2D eigenvalue weighted by Crippen LogP contribution is -2.22. The average molecular weight is 283 g/mol. The summed E-state index contributed by atoms with van der Waals surface area (Å²) in [6, 6.07) is 15.2. The lowest BCUT2D eigenvalue weighted by atomic mass is 10.1. The van der Waals surface area contributed by atoms with Crippen molar-refractivity contribution in [3.63, 3.8) is 0 Å². The third kappa shape index (κ3) is 4.57. The normalized spacial score (nSPS) is 12.1. The van der Waals surface area contributed by atoms with Gasteiger partial charge in [-0.15, -0.1) is 0 Å². The summed E-state index contributed by atoms with van der Waals surface area (Å²) in [4.78, 5) is 6.78. The van der Waals surface area contributed by atoms with Crippen LogP contribution in [0.25, 0.3) is 0 Å². The van der Waals surface area contributed by atoms with Gasteiger partial charge in [0, 0.05) is 25.8 Å². The molecule has 21 heavy (non-hydrogen) atoms. The molecule has 0 aliphatic heterocycles. The maximum absolute atomic E-state index is 4.58. The van der Waals surface area contributed by atoms with Crippen molar-refractivity contribution in [1.82, 2.24) is 10.3 Å². The smallest absolute Gasteiger partial charge is 0.128 e. The first-order valence-electron chi connectivity index (χ1n) is 7.65. The van der Waals surface area contributed by atoms with Gasteiger partial charge in [0.05, 0.1) is 0 Å². The molecule has 0 fully saturated rings. The van der Waals surface area contributed by atoms with Gasteiger partial charge in [-0.25, -0.2) is 4.98 Å². The molecular weight excluding hydrogens is 258 g/mol. The molecule has 3 nitrogen and oxygen atoms in total. The van der Waals surface area contributed by atoms with Gasteiger partial charge in [-0.05, 0) is 37.1 Å². The Morgan fingerprint density at radius 3 is 2.52 bits per heavy atom. The number of hydrogen-bond acceptors (Lipinski definition) is 3. The summed E-state index contributed by atoms with van der Waals surface area (Å²) in [6.07, 6.45) is 3.01. The summed E-state index contributed by atoms with van der Waals surface area (Å²) < 4.78 is 0. The summed E-state index contributed by atoms with van der Waals surface area (Å²) in [5.41, 5.74) is 2.60. The number of aromatic nitrogens is 1. The number of benzene rings is 1. The van der Waals surface area contributed by atoms with Gasteiger partial charge in [-0.2, -0.15) is 0 Å². The van der Waals surface area contributed by atoms with Gasteiger partial charge in [0.1, 0.15) is 5.82 Å². The van der Waals surface area contributed by atoms with Gasteiger partial charge >= 0.3 is 0 Å². The molecule has 1 aromatic carbocycles. The SMILES string of the molecule is CCNC(C)c1ccc(N(C)CCc2ccccc2)nc1. The van der Waals surface area contributed by atoms with Gasteiger partial charge in [0.25, 0.3) is 0 Å². The quantitative estimate of drug-likeness (QED) is 0.844. The van der Waals surface area contributed by atoms with Crippen LogP contribution >= 0.6 is 0 Å². The minimum atomic E-state index is 0.353. The number of pyridine rings is 1. The Morgan fingerprint density at radius 1 is 1.14 bits per heavy atom. The summed E-state index contributed by atoms with van der Waals surface area (Å²) in [5, 5.41) is 3.40. The van der Waals surface area contributed by atoms with Crippen LogP contribution in [-0.4, -0.2) is 25.1 Å². The molecule has 0 radical (unpaired) electrons. The number of nitrogens with zero attached hydrogens (tertiary/aromatic N) is 2. The first-order valence-corrected chi connectivity index (χ1v) is 7.65. The second kappa shape index (κ2) is 7.79. The first kappa shape index (κ1) is 15.5. The van der Waals surface area contributed by atoms with Crippen molar-refractivity contribution in [2.45, 2.75) is 26.3 Å². The molecule has 0 aliphatic rings. The zero-order chi connectivity index (χ0) is 15.1. The van der Waals surface area contributed by atoms with Crippen molar-refractivity contribution < 1.29 is 0 Å². The Labute approximate surface area is 128 Å². The zero-order valence-corrected chi connectivity index (χ0v) is 13.2. The Balaban J connectivity index is 1.92. The summed E-state index contributed by atoms with van der Waals surface area (Å²) in [7, 11) is 2.10. The van der Waals surface area contributed by atoms with Crippen LogP contribution in [0.1, 0.15) is 31.0 Å². The van der Waals surface area contributed by atoms with E-state index in [9.17, 15) is 0 Å². The maximum atomic E-state index is 4.58. The predicted molar refractivity (Wildman–Crippen MR) is 89.7 cm³/mol. The molecule has 1 aromatic heterocycles.